The summed E-state index contributed by atoms with van der Waals surface area (Å²) in [5.74, 6) is 1.36. The first-order chi connectivity index (χ1) is 45.3. The van der Waals surface area contributed by atoms with Gasteiger partial charge in [0.25, 0.3) is 0 Å². The molecule has 3 nitrogen and oxygen atoms in total. The number of fused-ring (bicyclic) bond motifs is 6. The Morgan fingerprint density at radius 2 is 0.946 bits per heavy atom. The molecule has 0 amide bonds. The number of ether oxygens (including phenoxy) is 1. The molecule has 1 aliphatic rings. The highest BCUT2D eigenvalue weighted by molar-refractivity contribution is 6.11. The minimum Gasteiger partial charge on any atom is -0.493 e. The van der Waals surface area contributed by atoms with E-state index in [4.69, 9.17) is 4.74 Å². The van der Waals surface area contributed by atoms with Crippen LogP contribution >= 0.6 is 0 Å². The summed E-state index contributed by atoms with van der Waals surface area (Å²) in [6.45, 7) is 22.1. The van der Waals surface area contributed by atoms with Gasteiger partial charge in [-0.25, -0.2) is 0 Å². The molecule has 13 aromatic rings. The van der Waals surface area contributed by atoms with Crippen molar-refractivity contribution in [1.29, 1.82) is 0 Å². The fourth-order valence-corrected chi connectivity index (χ4v) is 14.5. The number of benzene rings is 12. The van der Waals surface area contributed by atoms with E-state index in [-0.39, 0.29) is 10.8 Å². The van der Waals surface area contributed by atoms with Crippen LogP contribution in [-0.4, -0.2) is 11.2 Å². The molecule has 0 aliphatic heterocycles. The highest BCUT2D eigenvalue weighted by atomic mass is 16.5. The zero-order valence-corrected chi connectivity index (χ0v) is 54.5. The first-order valence-corrected chi connectivity index (χ1v) is 33.1. The van der Waals surface area contributed by atoms with Crippen molar-refractivity contribution in [3.8, 4) is 67.1 Å². The van der Waals surface area contributed by atoms with Crippen molar-refractivity contribution in [3.63, 3.8) is 0 Å². The molecule has 0 bridgehead atoms. The van der Waals surface area contributed by atoms with Gasteiger partial charge >= 0.3 is 0 Å². The third-order valence-electron chi connectivity index (χ3n) is 19.6. The van der Waals surface area contributed by atoms with Gasteiger partial charge in [-0.1, -0.05) is 254 Å². The molecule has 0 spiro atoms. The Balaban J connectivity index is 0.805. The molecule has 3 heteroatoms. The molecule has 1 heterocycles. The number of para-hydroxylation sites is 1. The molecule has 0 saturated carbocycles. The molecular weight excluding hydrogens is 1130 g/mol. The molecule has 0 saturated heterocycles. The SMILES string of the molecule is C=Cc1ccc(-c2ccc3c(c2)c2cc(-c4ccc(N(c5ccc(-c6ccc(C(C)(C)C)cc6)cc5)c5ccc6c(c5)C(CCCCC(C)COc5cc(C)c(-c7ccc(C=C)cc7)cc5C)(c5ccccc5)c5ccccc5-6)cc4)ccc2n3-c2ccccc2)cc1. The molecule has 0 fully saturated rings. The minimum atomic E-state index is -0.372. The van der Waals surface area contributed by atoms with E-state index < -0.39 is 0 Å². The Morgan fingerprint density at radius 1 is 0.452 bits per heavy atom. The second-order valence-electron chi connectivity index (χ2n) is 26.7. The smallest absolute Gasteiger partial charge is 0.122 e. The highest BCUT2D eigenvalue weighted by Gasteiger charge is 2.44. The minimum absolute atomic E-state index is 0.0781. The van der Waals surface area contributed by atoms with Crippen LogP contribution in [0.1, 0.15) is 97.9 Å². The molecule has 93 heavy (non-hydrogen) atoms. The van der Waals surface area contributed by atoms with E-state index in [1.54, 1.807) is 0 Å². The van der Waals surface area contributed by atoms with E-state index in [0.29, 0.717) is 12.5 Å². The van der Waals surface area contributed by atoms with Gasteiger partial charge in [-0.05, 0) is 223 Å². The third-order valence-corrected chi connectivity index (χ3v) is 19.6. The van der Waals surface area contributed by atoms with E-state index in [0.717, 1.165) is 76.4 Å². The molecule has 2 unspecified atom stereocenters. The standard InChI is InChI=1S/C90H80N2O/c1-9-64-28-32-68(33-29-64)71-42-52-86-82(57-71)83-58-72(43-53-87(83)92(86)75-24-15-12-16-25-75)69-40-48-77(49-41-69)91(76-46-38-67(39-47-76)66-36-44-73(45-37-66)89(6,7)8)78-50-51-80-79-26-17-18-27-84(79)90(85(80)59-78,74-22-13-11-14-23-74)54-20-19-21-61(3)60-93-88-56-62(4)81(55-63(88)5)70-34-30-65(10-2)31-35-70/h9-18,22-53,55-59,61H,1-2,19-21,54,60H2,3-8H3. The summed E-state index contributed by atoms with van der Waals surface area (Å²) in [5, 5.41) is 2.44. The molecule has 1 aromatic heterocycles. The topological polar surface area (TPSA) is 17.4 Å². The molecule has 14 rings (SSSR count). The first kappa shape index (κ1) is 60.1. The molecule has 12 aromatic carbocycles. The van der Waals surface area contributed by atoms with Crippen LogP contribution in [0.4, 0.5) is 17.1 Å². The second-order valence-corrected chi connectivity index (χ2v) is 26.7. The lowest BCUT2D eigenvalue weighted by Crippen LogP contribution is -2.27. The highest BCUT2D eigenvalue weighted by Crippen LogP contribution is 2.57. The fourth-order valence-electron chi connectivity index (χ4n) is 14.5. The van der Waals surface area contributed by atoms with Crippen LogP contribution in [0.2, 0.25) is 0 Å². The zero-order valence-electron chi connectivity index (χ0n) is 54.5. The summed E-state index contributed by atoms with van der Waals surface area (Å²) in [6.07, 6.45) is 7.98. The Morgan fingerprint density at radius 3 is 1.53 bits per heavy atom. The van der Waals surface area contributed by atoms with E-state index in [1.165, 1.54) is 99.7 Å². The summed E-state index contributed by atoms with van der Waals surface area (Å²) < 4.78 is 9.05. The number of rotatable bonds is 19. The van der Waals surface area contributed by atoms with Gasteiger partial charge in [0.15, 0.2) is 0 Å². The molecule has 1 aliphatic carbocycles. The van der Waals surface area contributed by atoms with Crippen LogP contribution in [0.5, 0.6) is 5.75 Å². The van der Waals surface area contributed by atoms with Crippen molar-refractivity contribution in [3.05, 3.63) is 331 Å². The van der Waals surface area contributed by atoms with Crippen LogP contribution in [0.25, 0.3) is 95.3 Å². The van der Waals surface area contributed by atoms with Gasteiger partial charge in [0.2, 0.25) is 0 Å². The third kappa shape index (κ3) is 11.6. The maximum Gasteiger partial charge on any atom is 0.122 e. The number of unbranched alkanes of at least 4 members (excludes halogenated alkanes) is 1. The van der Waals surface area contributed by atoms with Crippen molar-refractivity contribution in [1.82, 2.24) is 4.57 Å². The number of hydrogen-bond donors (Lipinski definition) is 0. The lowest BCUT2D eigenvalue weighted by Gasteiger charge is -2.34. The predicted octanol–water partition coefficient (Wildman–Crippen LogP) is 24.7. The van der Waals surface area contributed by atoms with Crippen molar-refractivity contribution >= 4 is 51.0 Å². The normalized spacial score (nSPS) is 13.8. The maximum atomic E-state index is 6.65. The quantitative estimate of drug-likeness (QED) is 0.0751. The molecular formula is C90H80N2O. The number of aromatic nitrogens is 1. The van der Waals surface area contributed by atoms with Gasteiger partial charge in [0.05, 0.1) is 17.6 Å². The van der Waals surface area contributed by atoms with E-state index in [1.807, 2.05) is 12.2 Å². The van der Waals surface area contributed by atoms with Crippen molar-refractivity contribution in [2.24, 2.45) is 5.92 Å². The summed E-state index contributed by atoms with van der Waals surface area (Å²) in [5.41, 5.74) is 28.7. The fraction of sp³-hybridized carbons (Fsp3) is 0.156. The summed E-state index contributed by atoms with van der Waals surface area (Å²) in [6, 6.07) is 102. The Kier molecular flexibility index (Phi) is 16.4. The zero-order chi connectivity index (χ0) is 63.8. The van der Waals surface area contributed by atoms with Crippen LogP contribution in [0, 0.1) is 19.8 Å². The van der Waals surface area contributed by atoms with E-state index in [9.17, 15) is 0 Å². The Labute approximate surface area is 550 Å². The van der Waals surface area contributed by atoms with Crippen LogP contribution in [-0.2, 0) is 10.8 Å². The van der Waals surface area contributed by atoms with Crippen LogP contribution < -0.4 is 9.64 Å². The van der Waals surface area contributed by atoms with Crippen LogP contribution in [0.15, 0.2) is 286 Å². The van der Waals surface area contributed by atoms with Crippen LogP contribution in [0.3, 0.4) is 0 Å². The van der Waals surface area contributed by atoms with Gasteiger partial charge < -0.3 is 14.2 Å². The summed E-state index contributed by atoms with van der Waals surface area (Å²) in [4.78, 5) is 2.47. The maximum absolute atomic E-state index is 6.65. The Bertz CT molecular complexity index is 4860. The number of hydrogen-bond acceptors (Lipinski definition) is 2. The van der Waals surface area contributed by atoms with Crippen molar-refractivity contribution in [2.45, 2.75) is 78.1 Å². The number of nitrogens with zero attached hydrogens (tertiary/aromatic N) is 2. The molecule has 0 N–H and O–H groups in total. The summed E-state index contributed by atoms with van der Waals surface area (Å²) in [7, 11) is 0. The molecule has 0 radical (unpaired) electrons. The van der Waals surface area contributed by atoms with Gasteiger partial charge in [0, 0.05) is 38.9 Å². The van der Waals surface area contributed by atoms with Gasteiger partial charge in [-0.15, -0.1) is 0 Å². The number of anilines is 3. The van der Waals surface area contributed by atoms with Gasteiger partial charge in [-0.2, -0.15) is 0 Å². The lowest BCUT2D eigenvalue weighted by atomic mass is 9.69. The van der Waals surface area contributed by atoms with Gasteiger partial charge in [0.1, 0.15) is 5.75 Å². The molecule has 2 atom stereocenters. The monoisotopic (exact) mass is 1200 g/mol. The Hall–Kier alpha value is -10.5. The first-order valence-electron chi connectivity index (χ1n) is 33.1. The second kappa shape index (κ2) is 25.3. The average Bonchev–Trinajstić information content (AvgIpc) is 1.57. The summed E-state index contributed by atoms with van der Waals surface area (Å²) >= 11 is 0. The van der Waals surface area contributed by atoms with Crippen molar-refractivity contribution < 1.29 is 4.74 Å². The van der Waals surface area contributed by atoms with Crippen molar-refractivity contribution in [2.75, 3.05) is 11.5 Å². The van der Waals surface area contributed by atoms with E-state index >= 15 is 0 Å². The van der Waals surface area contributed by atoms with E-state index in [2.05, 4.69) is 337 Å². The average molecular weight is 1210 g/mol. The largest absolute Gasteiger partial charge is 0.493 e. The van der Waals surface area contributed by atoms with Gasteiger partial charge in [-0.3, -0.25) is 0 Å². The predicted molar refractivity (Wildman–Crippen MR) is 397 cm³/mol. The molecule has 456 valence electrons. The number of aryl methyl sites for hydroxylation is 2. The lowest BCUT2D eigenvalue weighted by molar-refractivity contribution is 0.247.